The Morgan fingerprint density at radius 2 is 2.58 bits per heavy atom. The molecule has 61 valence electrons. The average Bonchev–Trinajstić information content (AvgIpc) is 2.74. The summed E-state index contributed by atoms with van der Waals surface area (Å²) in [4.78, 5) is 5.21. The Morgan fingerprint density at radius 3 is 3.25 bits per heavy atom. The number of aromatic nitrogens is 2. The number of hydrogen-bond donors (Lipinski definition) is 0. The van der Waals surface area contributed by atoms with Gasteiger partial charge in [-0.3, -0.25) is 4.98 Å². The molecule has 0 saturated carbocycles. The molecule has 0 aliphatic carbocycles. The minimum Gasteiger partial charge on any atom is -0.365 e. The van der Waals surface area contributed by atoms with E-state index in [1.165, 1.54) is 4.88 Å². The van der Waals surface area contributed by atoms with Crippen molar-refractivity contribution in [3.8, 4) is 0 Å². The monoisotopic (exact) mass is 179 g/mol. The Balaban J connectivity index is 1.91. The molecule has 0 amide bonds. The first-order valence-electron chi connectivity index (χ1n) is 3.56. The van der Waals surface area contributed by atoms with Crippen molar-refractivity contribution in [3.05, 3.63) is 41.0 Å². The molecule has 2 heterocycles. The normalized spacial score (nSPS) is 10.3. The van der Waals surface area contributed by atoms with Crippen LogP contribution in [0.3, 0.4) is 0 Å². The van der Waals surface area contributed by atoms with Gasteiger partial charge in [0, 0.05) is 23.6 Å². The molecule has 4 heteroatoms. The zero-order chi connectivity index (χ0) is 8.23. The SMILES string of the molecule is [CH](Cc1cncs1)c1ccon1. The zero-order valence-corrected chi connectivity index (χ0v) is 7.12. The van der Waals surface area contributed by atoms with Crippen molar-refractivity contribution in [2.24, 2.45) is 0 Å². The second kappa shape index (κ2) is 3.49. The molecule has 2 aromatic heterocycles. The Labute approximate surface area is 74.0 Å². The van der Waals surface area contributed by atoms with Gasteiger partial charge in [0.05, 0.1) is 11.2 Å². The zero-order valence-electron chi connectivity index (χ0n) is 6.30. The van der Waals surface area contributed by atoms with Gasteiger partial charge in [0.15, 0.2) is 0 Å². The molecule has 0 saturated heterocycles. The summed E-state index contributed by atoms with van der Waals surface area (Å²) in [6.07, 6.45) is 6.31. The highest BCUT2D eigenvalue weighted by Gasteiger charge is 1.99. The summed E-state index contributed by atoms with van der Waals surface area (Å²) in [6.45, 7) is 0. The molecule has 0 aliphatic rings. The van der Waals surface area contributed by atoms with E-state index in [1.54, 1.807) is 17.6 Å². The van der Waals surface area contributed by atoms with E-state index in [2.05, 4.69) is 10.1 Å². The molecule has 1 radical (unpaired) electrons. The second-order valence-electron chi connectivity index (χ2n) is 2.30. The first kappa shape index (κ1) is 7.49. The van der Waals surface area contributed by atoms with Crippen molar-refractivity contribution in [2.75, 3.05) is 0 Å². The molecule has 2 aromatic rings. The second-order valence-corrected chi connectivity index (χ2v) is 3.27. The Kier molecular flexibility index (Phi) is 2.18. The predicted octanol–water partition coefficient (Wildman–Crippen LogP) is 1.93. The van der Waals surface area contributed by atoms with Crippen molar-refractivity contribution in [1.82, 2.24) is 10.1 Å². The van der Waals surface area contributed by atoms with Gasteiger partial charge in [-0.05, 0) is 6.42 Å². The van der Waals surface area contributed by atoms with E-state index in [4.69, 9.17) is 4.52 Å². The fourth-order valence-electron chi connectivity index (χ4n) is 0.875. The number of hydrogen-bond acceptors (Lipinski definition) is 4. The van der Waals surface area contributed by atoms with Crippen LogP contribution in [0.5, 0.6) is 0 Å². The molecule has 2 rings (SSSR count). The first-order valence-corrected chi connectivity index (χ1v) is 4.44. The summed E-state index contributed by atoms with van der Waals surface area (Å²) in [5.74, 6) is 0. The predicted molar refractivity (Wildman–Crippen MR) is 45.7 cm³/mol. The van der Waals surface area contributed by atoms with Gasteiger partial charge in [0.2, 0.25) is 0 Å². The van der Waals surface area contributed by atoms with Crippen LogP contribution in [0.15, 0.2) is 28.6 Å². The van der Waals surface area contributed by atoms with Crippen LogP contribution < -0.4 is 0 Å². The largest absolute Gasteiger partial charge is 0.365 e. The van der Waals surface area contributed by atoms with Gasteiger partial charge in [0.1, 0.15) is 6.26 Å². The Morgan fingerprint density at radius 1 is 1.58 bits per heavy atom. The molecular formula is C8H7N2OS. The standard InChI is InChI=1S/C8H7N2OS/c1(7-3-4-11-10-7)2-8-5-9-6-12-8/h1,3-6H,2H2. The molecular weight excluding hydrogens is 172 g/mol. The molecule has 12 heavy (non-hydrogen) atoms. The molecule has 0 unspecified atom stereocenters. The summed E-state index contributed by atoms with van der Waals surface area (Å²) in [5, 5.41) is 3.77. The van der Waals surface area contributed by atoms with Crippen molar-refractivity contribution in [3.63, 3.8) is 0 Å². The quantitative estimate of drug-likeness (QED) is 0.722. The van der Waals surface area contributed by atoms with E-state index in [-0.39, 0.29) is 0 Å². The maximum atomic E-state index is 4.69. The minimum absolute atomic E-state index is 0.872. The molecule has 0 bridgehead atoms. The molecule has 3 nitrogen and oxygen atoms in total. The van der Waals surface area contributed by atoms with Gasteiger partial charge in [0.25, 0.3) is 0 Å². The number of rotatable bonds is 3. The van der Waals surface area contributed by atoms with E-state index < -0.39 is 0 Å². The lowest BCUT2D eigenvalue weighted by atomic mass is 10.2. The fraction of sp³-hybridized carbons (Fsp3) is 0.125. The van der Waals surface area contributed by atoms with Gasteiger partial charge < -0.3 is 4.52 Å². The highest BCUT2D eigenvalue weighted by molar-refractivity contribution is 7.09. The van der Waals surface area contributed by atoms with Gasteiger partial charge in [-0.25, -0.2) is 0 Å². The smallest absolute Gasteiger partial charge is 0.124 e. The highest BCUT2D eigenvalue weighted by atomic mass is 32.1. The fourth-order valence-corrected chi connectivity index (χ4v) is 1.43. The number of nitrogens with zero attached hydrogens (tertiary/aromatic N) is 2. The lowest BCUT2D eigenvalue weighted by Crippen LogP contribution is -1.84. The van der Waals surface area contributed by atoms with Crippen LogP contribution in [-0.4, -0.2) is 10.1 Å². The molecule has 0 aromatic carbocycles. The van der Waals surface area contributed by atoms with E-state index >= 15 is 0 Å². The summed E-state index contributed by atoms with van der Waals surface area (Å²) in [6, 6.07) is 1.83. The van der Waals surface area contributed by atoms with Crippen molar-refractivity contribution in [2.45, 2.75) is 6.42 Å². The van der Waals surface area contributed by atoms with Gasteiger partial charge in [-0.15, -0.1) is 11.3 Å². The van der Waals surface area contributed by atoms with Gasteiger partial charge >= 0.3 is 0 Å². The summed E-state index contributed by atoms with van der Waals surface area (Å²) in [5.41, 5.74) is 2.70. The van der Waals surface area contributed by atoms with Crippen LogP contribution in [-0.2, 0) is 6.42 Å². The van der Waals surface area contributed by atoms with Crippen molar-refractivity contribution < 1.29 is 4.52 Å². The van der Waals surface area contributed by atoms with Crippen LogP contribution in [0.2, 0.25) is 0 Å². The lowest BCUT2D eigenvalue weighted by molar-refractivity contribution is 0.415. The summed E-state index contributed by atoms with van der Waals surface area (Å²) in [7, 11) is 0. The third kappa shape index (κ3) is 1.71. The van der Waals surface area contributed by atoms with Crippen molar-refractivity contribution >= 4 is 11.3 Å². The summed E-state index contributed by atoms with van der Waals surface area (Å²) >= 11 is 1.64. The molecule has 0 fully saturated rings. The molecule has 0 spiro atoms. The number of thiazole rings is 1. The maximum absolute atomic E-state index is 4.69. The molecule has 0 N–H and O–H groups in total. The van der Waals surface area contributed by atoms with Crippen molar-refractivity contribution in [1.29, 1.82) is 0 Å². The van der Waals surface area contributed by atoms with Crippen LogP contribution in [0.4, 0.5) is 0 Å². The lowest BCUT2D eigenvalue weighted by Gasteiger charge is -1.89. The first-order chi connectivity index (χ1) is 5.95. The van der Waals surface area contributed by atoms with E-state index in [1.807, 2.05) is 24.2 Å². The topological polar surface area (TPSA) is 38.9 Å². The van der Waals surface area contributed by atoms with Crippen LogP contribution in [0.1, 0.15) is 10.6 Å². The average molecular weight is 179 g/mol. The van der Waals surface area contributed by atoms with Crippen LogP contribution in [0, 0.1) is 6.42 Å². The third-order valence-electron chi connectivity index (χ3n) is 1.45. The Hall–Kier alpha value is -1.16. The van der Waals surface area contributed by atoms with E-state index in [9.17, 15) is 0 Å². The maximum Gasteiger partial charge on any atom is 0.124 e. The van der Waals surface area contributed by atoms with Crippen LogP contribution >= 0.6 is 11.3 Å². The minimum atomic E-state index is 0.872. The van der Waals surface area contributed by atoms with Gasteiger partial charge in [-0.1, -0.05) is 5.16 Å². The highest BCUT2D eigenvalue weighted by Crippen LogP contribution is 2.10. The molecule has 0 aliphatic heterocycles. The third-order valence-corrected chi connectivity index (χ3v) is 2.26. The summed E-state index contributed by atoms with van der Waals surface area (Å²) < 4.78 is 4.69. The molecule has 0 atom stereocenters. The van der Waals surface area contributed by atoms with E-state index in [0.717, 1.165) is 12.1 Å². The van der Waals surface area contributed by atoms with Gasteiger partial charge in [-0.2, -0.15) is 0 Å². The van der Waals surface area contributed by atoms with E-state index in [0.29, 0.717) is 0 Å². The Bertz CT molecular complexity index is 280. The van der Waals surface area contributed by atoms with Crippen LogP contribution in [0.25, 0.3) is 0 Å².